The molecule has 0 atom stereocenters. The molecule has 0 spiro atoms. The molecule has 3 nitrogen and oxygen atoms in total. The Labute approximate surface area is 106 Å². The molecule has 1 aliphatic heterocycles. The van der Waals surface area contributed by atoms with Crippen molar-refractivity contribution in [1.82, 2.24) is 0 Å². The first-order valence-electron chi connectivity index (χ1n) is 6.29. The largest absolute Gasteiger partial charge is 0.478 e. The van der Waals surface area contributed by atoms with Crippen LogP contribution < -0.4 is 4.90 Å². The van der Waals surface area contributed by atoms with Crippen molar-refractivity contribution in [2.24, 2.45) is 5.41 Å². The average molecular weight is 251 g/mol. The molecule has 1 N–H and O–H groups in total. The fourth-order valence-corrected chi connectivity index (χ4v) is 2.52. The monoisotopic (exact) mass is 251 g/mol. The summed E-state index contributed by atoms with van der Waals surface area (Å²) in [6, 6.07) is 4.31. The van der Waals surface area contributed by atoms with E-state index >= 15 is 0 Å². The molecule has 4 heteroatoms. The molecule has 1 fully saturated rings. The number of rotatable bonds is 4. The van der Waals surface area contributed by atoms with E-state index in [0.717, 1.165) is 31.6 Å². The Hall–Kier alpha value is -1.58. The van der Waals surface area contributed by atoms with E-state index in [1.807, 2.05) is 0 Å². The van der Waals surface area contributed by atoms with Crippen molar-refractivity contribution in [3.63, 3.8) is 0 Å². The van der Waals surface area contributed by atoms with Crippen LogP contribution in [0.2, 0.25) is 0 Å². The molecule has 1 aromatic carbocycles. The molecule has 0 unspecified atom stereocenters. The number of nitrogens with zero attached hydrogens (tertiary/aromatic N) is 1. The topological polar surface area (TPSA) is 40.5 Å². The molecule has 2 rings (SSSR count). The Morgan fingerprint density at radius 1 is 1.39 bits per heavy atom. The predicted octanol–water partition coefficient (Wildman–Crippen LogP) is 3.15. The van der Waals surface area contributed by atoms with Gasteiger partial charge < -0.3 is 10.0 Å². The van der Waals surface area contributed by atoms with Gasteiger partial charge in [0.05, 0.1) is 5.56 Å². The van der Waals surface area contributed by atoms with Crippen molar-refractivity contribution in [3.05, 3.63) is 29.6 Å². The van der Waals surface area contributed by atoms with E-state index in [1.165, 1.54) is 12.1 Å². The molecule has 18 heavy (non-hydrogen) atoms. The SMILES string of the molecule is CCC1(CC)CN(c2ccc(F)c(C(=O)O)c2)C1. The van der Waals surface area contributed by atoms with Gasteiger partial charge in [0.2, 0.25) is 0 Å². The average Bonchev–Trinajstić information content (AvgIpc) is 2.30. The van der Waals surface area contributed by atoms with Gasteiger partial charge in [-0.25, -0.2) is 9.18 Å². The highest BCUT2D eigenvalue weighted by Crippen LogP contribution is 2.40. The summed E-state index contributed by atoms with van der Waals surface area (Å²) in [4.78, 5) is 13.0. The minimum Gasteiger partial charge on any atom is -0.478 e. The van der Waals surface area contributed by atoms with Gasteiger partial charge in [-0.2, -0.15) is 0 Å². The Morgan fingerprint density at radius 2 is 2.00 bits per heavy atom. The summed E-state index contributed by atoms with van der Waals surface area (Å²) in [7, 11) is 0. The molecule has 0 amide bonds. The van der Waals surface area contributed by atoms with E-state index in [1.54, 1.807) is 6.07 Å². The van der Waals surface area contributed by atoms with E-state index in [2.05, 4.69) is 18.7 Å². The maximum atomic E-state index is 13.3. The standard InChI is InChI=1S/C14H18FNO2/c1-3-14(4-2)8-16(9-14)10-5-6-12(15)11(7-10)13(17)18/h5-7H,3-4,8-9H2,1-2H3,(H,17,18). The summed E-state index contributed by atoms with van der Waals surface area (Å²) in [6.45, 7) is 6.19. The first-order valence-corrected chi connectivity index (χ1v) is 6.29. The Bertz CT molecular complexity index is 461. The van der Waals surface area contributed by atoms with Gasteiger partial charge in [-0.05, 0) is 31.0 Å². The second kappa shape index (κ2) is 4.59. The van der Waals surface area contributed by atoms with Crippen LogP contribution in [-0.4, -0.2) is 24.2 Å². The molecular weight excluding hydrogens is 233 g/mol. The number of aromatic carboxylic acids is 1. The summed E-state index contributed by atoms with van der Waals surface area (Å²) in [6.07, 6.45) is 2.24. The lowest BCUT2D eigenvalue weighted by molar-refractivity contribution is 0.0692. The summed E-state index contributed by atoms with van der Waals surface area (Å²) in [5.74, 6) is -1.89. The lowest BCUT2D eigenvalue weighted by Gasteiger charge is -2.51. The fourth-order valence-electron chi connectivity index (χ4n) is 2.52. The normalized spacial score (nSPS) is 17.4. The van der Waals surface area contributed by atoms with Gasteiger partial charge in [0, 0.05) is 24.2 Å². The van der Waals surface area contributed by atoms with Crippen LogP contribution in [0.5, 0.6) is 0 Å². The molecule has 0 bridgehead atoms. The van der Waals surface area contributed by atoms with Crippen LogP contribution in [0, 0.1) is 11.2 Å². The van der Waals surface area contributed by atoms with Gasteiger partial charge >= 0.3 is 5.97 Å². The zero-order valence-corrected chi connectivity index (χ0v) is 10.7. The van der Waals surface area contributed by atoms with Gasteiger partial charge in [0.15, 0.2) is 0 Å². The number of carboxylic acid groups (broad SMARTS) is 1. The summed E-state index contributed by atoms with van der Waals surface area (Å²) < 4.78 is 13.3. The lowest BCUT2D eigenvalue weighted by Crippen LogP contribution is -2.55. The van der Waals surface area contributed by atoms with Crippen LogP contribution in [0.1, 0.15) is 37.0 Å². The molecule has 1 aliphatic rings. The quantitative estimate of drug-likeness (QED) is 0.893. The molecule has 98 valence electrons. The van der Waals surface area contributed by atoms with Crippen molar-refractivity contribution in [1.29, 1.82) is 0 Å². The third kappa shape index (κ3) is 2.07. The minimum atomic E-state index is -1.22. The van der Waals surface area contributed by atoms with Crippen molar-refractivity contribution >= 4 is 11.7 Å². The minimum absolute atomic E-state index is 0.252. The second-order valence-electron chi connectivity index (χ2n) is 5.03. The van der Waals surface area contributed by atoms with Crippen LogP contribution in [0.25, 0.3) is 0 Å². The molecule has 0 radical (unpaired) electrons. The molecular formula is C14H18FNO2. The number of hydrogen-bond donors (Lipinski definition) is 1. The fraction of sp³-hybridized carbons (Fsp3) is 0.500. The summed E-state index contributed by atoms with van der Waals surface area (Å²) in [5.41, 5.74) is 0.891. The van der Waals surface area contributed by atoms with E-state index in [9.17, 15) is 9.18 Å². The highest BCUT2D eigenvalue weighted by molar-refractivity contribution is 5.89. The smallest absolute Gasteiger partial charge is 0.338 e. The summed E-state index contributed by atoms with van der Waals surface area (Å²) in [5, 5.41) is 8.90. The van der Waals surface area contributed by atoms with Crippen LogP contribution in [0.15, 0.2) is 18.2 Å². The third-order valence-electron chi connectivity index (χ3n) is 4.10. The first kappa shape index (κ1) is 12.9. The third-order valence-corrected chi connectivity index (χ3v) is 4.10. The van der Waals surface area contributed by atoms with E-state index in [4.69, 9.17) is 5.11 Å². The van der Waals surface area contributed by atoms with Gasteiger partial charge in [-0.3, -0.25) is 0 Å². The van der Waals surface area contributed by atoms with Gasteiger partial charge in [-0.1, -0.05) is 13.8 Å². The van der Waals surface area contributed by atoms with Gasteiger partial charge in [0.1, 0.15) is 5.82 Å². The van der Waals surface area contributed by atoms with Gasteiger partial charge in [-0.15, -0.1) is 0 Å². The zero-order chi connectivity index (χ0) is 13.3. The maximum absolute atomic E-state index is 13.3. The first-order chi connectivity index (χ1) is 8.51. The van der Waals surface area contributed by atoms with Crippen LogP contribution in [-0.2, 0) is 0 Å². The van der Waals surface area contributed by atoms with Crippen LogP contribution in [0.3, 0.4) is 0 Å². The molecule has 0 aliphatic carbocycles. The Kier molecular flexibility index (Phi) is 3.28. The summed E-state index contributed by atoms with van der Waals surface area (Å²) >= 11 is 0. The molecule has 1 aromatic rings. The second-order valence-corrected chi connectivity index (χ2v) is 5.03. The molecule has 0 aromatic heterocycles. The van der Waals surface area contributed by atoms with E-state index in [0.29, 0.717) is 5.41 Å². The molecule has 1 saturated heterocycles. The highest BCUT2D eigenvalue weighted by Gasteiger charge is 2.39. The number of carbonyl (C=O) groups is 1. The van der Waals surface area contributed by atoms with Crippen molar-refractivity contribution in [2.45, 2.75) is 26.7 Å². The van der Waals surface area contributed by atoms with Crippen molar-refractivity contribution < 1.29 is 14.3 Å². The number of carboxylic acids is 1. The van der Waals surface area contributed by atoms with E-state index in [-0.39, 0.29) is 5.56 Å². The Morgan fingerprint density at radius 3 is 2.50 bits per heavy atom. The predicted molar refractivity (Wildman–Crippen MR) is 68.6 cm³/mol. The molecule has 0 saturated carbocycles. The van der Waals surface area contributed by atoms with Crippen LogP contribution >= 0.6 is 0 Å². The van der Waals surface area contributed by atoms with Crippen LogP contribution in [0.4, 0.5) is 10.1 Å². The van der Waals surface area contributed by atoms with E-state index < -0.39 is 11.8 Å². The van der Waals surface area contributed by atoms with Crippen molar-refractivity contribution in [3.8, 4) is 0 Å². The maximum Gasteiger partial charge on any atom is 0.338 e. The highest BCUT2D eigenvalue weighted by atomic mass is 19.1. The van der Waals surface area contributed by atoms with Crippen molar-refractivity contribution in [2.75, 3.05) is 18.0 Å². The Balaban J connectivity index is 2.17. The number of halogens is 1. The lowest BCUT2D eigenvalue weighted by atomic mass is 9.75. The zero-order valence-electron chi connectivity index (χ0n) is 10.7. The molecule has 1 heterocycles. The number of benzene rings is 1. The number of hydrogen-bond acceptors (Lipinski definition) is 2. The number of anilines is 1. The van der Waals surface area contributed by atoms with Gasteiger partial charge in [0.25, 0.3) is 0 Å².